The SMILES string of the molecule is C=C(C)CN=C(NCCc1ccco1)NC1CCCC(SC)C1. The maximum Gasteiger partial charge on any atom is 0.191 e. The van der Waals surface area contributed by atoms with Gasteiger partial charge in [-0.1, -0.05) is 18.6 Å². The Morgan fingerprint density at radius 3 is 3.04 bits per heavy atom. The molecule has 0 amide bonds. The van der Waals surface area contributed by atoms with Crippen molar-refractivity contribution in [1.82, 2.24) is 10.6 Å². The summed E-state index contributed by atoms with van der Waals surface area (Å²) in [5.74, 6) is 1.89. The van der Waals surface area contributed by atoms with Gasteiger partial charge >= 0.3 is 0 Å². The minimum Gasteiger partial charge on any atom is -0.469 e. The molecule has 1 aromatic rings. The highest BCUT2D eigenvalue weighted by molar-refractivity contribution is 7.99. The van der Waals surface area contributed by atoms with Crippen molar-refractivity contribution >= 4 is 17.7 Å². The lowest BCUT2D eigenvalue weighted by Gasteiger charge is -2.30. The third-order valence-electron chi connectivity index (χ3n) is 4.05. The molecular weight excluding hydrogens is 306 g/mol. The van der Waals surface area contributed by atoms with Crippen LogP contribution in [0.3, 0.4) is 0 Å². The highest BCUT2D eigenvalue weighted by Gasteiger charge is 2.21. The van der Waals surface area contributed by atoms with Crippen LogP contribution in [0.25, 0.3) is 0 Å². The first-order valence-corrected chi connectivity index (χ1v) is 9.70. The average Bonchev–Trinajstić information content (AvgIpc) is 3.06. The van der Waals surface area contributed by atoms with Gasteiger partial charge in [-0.25, -0.2) is 4.99 Å². The van der Waals surface area contributed by atoms with Gasteiger partial charge in [0, 0.05) is 24.3 Å². The maximum absolute atomic E-state index is 5.37. The molecule has 2 atom stereocenters. The van der Waals surface area contributed by atoms with Crippen molar-refractivity contribution in [1.29, 1.82) is 0 Å². The Morgan fingerprint density at radius 1 is 1.48 bits per heavy atom. The Labute approximate surface area is 144 Å². The second-order valence-corrected chi connectivity index (χ2v) is 7.38. The first kappa shape index (κ1) is 18.0. The van der Waals surface area contributed by atoms with E-state index in [1.54, 1.807) is 6.26 Å². The average molecular weight is 336 g/mol. The molecule has 1 heterocycles. The summed E-state index contributed by atoms with van der Waals surface area (Å²) in [6.45, 7) is 7.42. The molecule has 1 aromatic heterocycles. The maximum atomic E-state index is 5.37. The van der Waals surface area contributed by atoms with Gasteiger partial charge in [0.1, 0.15) is 5.76 Å². The quantitative estimate of drug-likeness (QED) is 0.454. The monoisotopic (exact) mass is 335 g/mol. The second-order valence-electron chi connectivity index (χ2n) is 6.24. The molecule has 0 spiro atoms. The van der Waals surface area contributed by atoms with Gasteiger partial charge in [0.15, 0.2) is 5.96 Å². The van der Waals surface area contributed by atoms with Gasteiger partial charge in [-0.3, -0.25) is 0 Å². The van der Waals surface area contributed by atoms with Crippen molar-refractivity contribution in [2.75, 3.05) is 19.3 Å². The Hall–Kier alpha value is -1.36. The largest absolute Gasteiger partial charge is 0.469 e. The third-order valence-corrected chi connectivity index (χ3v) is 5.15. The van der Waals surface area contributed by atoms with Crippen LogP contribution in [-0.2, 0) is 6.42 Å². The summed E-state index contributed by atoms with van der Waals surface area (Å²) in [6, 6.07) is 4.44. The van der Waals surface area contributed by atoms with Crippen molar-refractivity contribution in [3.8, 4) is 0 Å². The zero-order valence-corrected chi connectivity index (χ0v) is 15.1. The van der Waals surface area contributed by atoms with Gasteiger partial charge in [0.05, 0.1) is 12.8 Å². The number of hydrogen-bond acceptors (Lipinski definition) is 3. The van der Waals surface area contributed by atoms with Crippen LogP contribution in [0.5, 0.6) is 0 Å². The fourth-order valence-corrected chi connectivity index (χ4v) is 3.64. The van der Waals surface area contributed by atoms with E-state index in [1.807, 2.05) is 30.8 Å². The van der Waals surface area contributed by atoms with Crippen molar-refractivity contribution in [2.24, 2.45) is 4.99 Å². The molecule has 0 saturated heterocycles. The molecule has 5 heteroatoms. The van der Waals surface area contributed by atoms with Crippen LogP contribution in [0.15, 0.2) is 40.0 Å². The summed E-state index contributed by atoms with van der Waals surface area (Å²) in [4.78, 5) is 4.64. The summed E-state index contributed by atoms with van der Waals surface area (Å²) in [5, 5.41) is 7.80. The molecule has 0 radical (unpaired) electrons. The van der Waals surface area contributed by atoms with Gasteiger partial charge in [-0.2, -0.15) is 11.8 Å². The second kappa shape index (κ2) is 9.71. The van der Waals surface area contributed by atoms with Crippen LogP contribution >= 0.6 is 11.8 Å². The summed E-state index contributed by atoms with van der Waals surface area (Å²) in [7, 11) is 0. The fraction of sp³-hybridized carbons (Fsp3) is 0.611. The van der Waals surface area contributed by atoms with E-state index in [2.05, 4.69) is 28.5 Å². The summed E-state index contributed by atoms with van der Waals surface area (Å²) >= 11 is 1.98. The highest BCUT2D eigenvalue weighted by atomic mass is 32.2. The summed E-state index contributed by atoms with van der Waals surface area (Å²) in [5.41, 5.74) is 1.07. The number of guanidine groups is 1. The summed E-state index contributed by atoms with van der Waals surface area (Å²) < 4.78 is 5.37. The standard InChI is InChI=1S/C18H29N3OS/c1-14(2)13-20-18(19-10-9-16-7-5-11-22-16)21-15-6-4-8-17(12-15)23-3/h5,7,11,15,17H,1,4,6,8-10,12-13H2,2-3H3,(H2,19,20,21). The molecule has 0 aromatic carbocycles. The smallest absolute Gasteiger partial charge is 0.191 e. The van der Waals surface area contributed by atoms with E-state index < -0.39 is 0 Å². The molecule has 2 unspecified atom stereocenters. The lowest BCUT2D eigenvalue weighted by atomic mass is 9.95. The van der Waals surface area contributed by atoms with E-state index in [4.69, 9.17) is 4.42 Å². The number of hydrogen-bond donors (Lipinski definition) is 2. The van der Waals surface area contributed by atoms with E-state index >= 15 is 0 Å². The zero-order valence-electron chi connectivity index (χ0n) is 14.3. The Kier molecular flexibility index (Phi) is 7.59. The van der Waals surface area contributed by atoms with Crippen LogP contribution < -0.4 is 10.6 Å². The van der Waals surface area contributed by atoms with Gasteiger partial charge < -0.3 is 15.1 Å². The molecule has 1 aliphatic rings. The number of aliphatic imine (C=N–C) groups is 1. The van der Waals surface area contributed by atoms with Crippen LogP contribution in [0.2, 0.25) is 0 Å². The van der Waals surface area contributed by atoms with Gasteiger partial charge in [-0.05, 0) is 44.6 Å². The Balaban J connectivity index is 1.85. The zero-order chi connectivity index (χ0) is 16.5. The Bertz CT molecular complexity index is 498. The minimum atomic E-state index is 0.515. The van der Waals surface area contributed by atoms with Crippen molar-refractivity contribution < 1.29 is 4.42 Å². The van der Waals surface area contributed by atoms with Gasteiger partial charge in [-0.15, -0.1) is 0 Å². The van der Waals surface area contributed by atoms with E-state index in [9.17, 15) is 0 Å². The molecular formula is C18H29N3OS. The van der Waals surface area contributed by atoms with Crippen LogP contribution in [0.4, 0.5) is 0 Å². The summed E-state index contributed by atoms with van der Waals surface area (Å²) in [6.07, 6.45) is 9.86. The van der Waals surface area contributed by atoms with Gasteiger partial charge in [0.25, 0.3) is 0 Å². The highest BCUT2D eigenvalue weighted by Crippen LogP contribution is 2.26. The van der Waals surface area contributed by atoms with E-state index in [0.29, 0.717) is 12.6 Å². The molecule has 23 heavy (non-hydrogen) atoms. The van der Waals surface area contributed by atoms with Crippen molar-refractivity contribution in [3.63, 3.8) is 0 Å². The molecule has 1 aliphatic carbocycles. The lowest BCUT2D eigenvalue weighted by Crippen LogP contribution is -2.46. The first-order chi connectivity index (χ1) is 11.2. The van der Waals surface area contributed by atoms with Crippen molar-refractivity contribution in [2.45, 2.75) is 50.3 Å². The minimum absolute atomic E-state index is 0.515. The molecule has 1 saturated carbocycles. The van der Waals surface area contributed by atoms with Crippen LogP contribution in [-0.4, -0.2) is 36.6 Å². The Morgan fingerprint density at radius 2 is 2.35 bits per heavy atom. The molecule has 0 aliphatic heterocycles. The van der Waals surface area contributed by atoms with Crippen molar-refractivity contribution in [3.05, 3.63) is 36.3 Å². The van der Waals surface area contributed by atoms with E-state index in [0.717, 1.165) is 35.5 Å². The first-order valence-electron chi connectivity index (χ1n) is 8.41. The number of thioether (sulfide) groups is 1. The predicted octanol–water partition coefficient (Wildman–Crippen LogP) is 3.61. The fourth-order valence-electron chi connectivity index (χ4n) is 2.81. The molecule has 128 valence electrons. The number of furan rings is 1. The molecule has 2 rings (SSSR count). The normalized spacial score (nSPS) is 21.9. The topological polar surface area (TPSA) is 49.6 Å². The molecule has 0 bridgehead atoms. The van der Waals surface area contributed by atoms with Crippen LogP contribution in [0.1, 0.15) is 38.4 Å². The third kappa shape index (κ3) is 6.73. The number of nitrogens with one attached hydrogen (secondary N) is 2. The van der Waals surface area contributed by atoms with E-state index in [1.165, 1.54) is 25.7 Å². The predicted molar refractivity (Wildman–Crippen MR) is 100 cm³/mol. The van der Waals surface area contributed by atoms with E-state index in [-0.39, 0.29) is 0 Å². The number of nitrogens with zero attached hydrogens (tertiary/aromatic N) is 1. The van der Waals surface area contributed by atoms with Gasteiger partial charge in [0.2, 0.25) is 0 Å². The molecule has 1 fully saturated rings. The van der Waals surface area contributed by atoms with Crippen LogP contribution in [0, 0.1) is 0 Å². The lowest BCUT2D eigenvalue weighted by molar-refractivity contribution is 0.418. The number of rotatable bonds is 7. The molecule has 4 nitrogen and oxygen atoms in total. The molecule has 2 N–H and O–H groups in total.